The highest BCUT2D eigenvalue weighted by atomic mass is 16.5. The van der Waals surface area contributed by atoms with E-state index in [-0.39, 0.29) is 17.8 Å². The number of likely N-dealkylation sites (N-methyl/N-ethyl adjacent to an activating group) is 1. The van der Waals surface area contributed by atoms with Crippen LogP contribution in [0.4, 0.5) is 10.5 Å². The second kappa shape index (κ2) is 7.44. The number of carbonyl (C=O) groups excluding carboxylic acids is 1. The van der Waals surface area contributed by atoms with Crippen molar-refractivity contribution in [2.24, 2.45) is 0 Å². The Bertz CT molecular complexity index is 459. The molecule has 0 radical (unpaired) electrons. The first kappa shape index (κ1) is 15.9. The van der Waals surface area contributed by atoms with Crippen LogP contribution in [-0.4, -0.2) is 53.3 Å². The van der Waals surface area contributed by atoms with Crippen molar-refractivity contribution in [1.82, 2.24) is 9.88 Å². The fourth-order valence-electron chi connectivity index (χ4n) is 1.34. The molecular weight excluding hydrogens is 262 g/mol. The summed E-state index contributed by atoms with van der Waals surface area (Å²) in [6, 6.07) is 2.52. The fraction of sp³-hybridized carbons (Fsp3) is 0.462. The van der Waals surface area contributed by atoms with E-state index in [1.807, 2.05) is 13.8 Å². The van der Waals surface area contributed by atoms with Gasteiger partial charge in [-0.25, -0.2) is 14.6 Å². The van der Waals surface area contributed by atoms with E-state index >= 15 is 0 Å². The molecule has 1 aromatic rings. The molecule has 0 saturated heterocycles. The molecule has 1 aromatic heterocycles. The summed E-state index contributed by atoms with van der Waals surface area (Å²) in [6.45, 7) is 4.77. The second-order valence-corrected chi connectivity index (χ2v) is 4.51. The van der Waals surface area contributed by atoms with Gasteiger partial charge in [-0.15, -0.1) is 0 Å². The SMILES string of the molecule is CC(C)OCCN(C)C(=O)Nc1ccc(C(=O)O)nc1. The highest BCUT2D eigenvalue weighted by molar-refractivity contribution is 5.90. The minimum absolute atomic E-state index is 0.0679. The number of urea groups is 1. The molecule has 0 unspecified atom stereocenters. The van der Waals surface area contributed by atoms with Crippen molar-refractivity contribution in [1.29, 1.82) is 0 Å². The Balaban J connectivity index is 2.46. The van der Waals surface area contributed by atoms with Gasteiger partial charge in [0.1, 0.15) is 5.69 Å². The van der Waals surface area contributed by atoms with Crippen LogP contribution in [0.2, 0.25) is 0 Å². The molecule has 0 aliphatic carbocycles. The van der Waals surface area contributed by atoms with Gasteiger partial charge in [0.05, 0.1) is 24.6 Å². The summed E-state index contributed by atoms with van der Waals surface area (Å²) in [6.07, 6.45) is 1.43. The number of rotatable bonds is 6. The van der Waals surface area contributed by atoms with E-state index in [1.165, 1.54) is 23.2 Å². The van der Waals surface area contributed by atoms with Crippen LogP contribution in [0.15, 0.2) is 18.3 Å². The maximum atomic E-state index is 11.8. The van der Waals surface area contributed by atoms with Crippen molar-refractivity contribution in [2.75, 3.05) is 25.5 Å². The summed E-state index contributed by atoms with van der Waals surface area (Å²) < 4.78 is 5.36. The lowest BCUT2D eigenvalue weighted by atomic mass is 10.3. The van der Waals surface area contributed by atoms with E-state index in [2.05, 4.69) is 10.3 Å². The largest absolute Gasteiger partial charge is 0.477 e. The lowest BCUT2D eigenvalue weighted by Gasteiger charge is -2.18. The number of ether oxygens (including phenoxy) is 1. The summed E-state index contributed by atoms with van der Waals surface area (Å²) in [5.74, 6) is -1.11. The zero-order chi connectivity index (χ0) is 15.1. The van der Waals surface area contributed by atoms with Gasteiger partial charge in [0.15, 0.2) is 0 Å². The summed E-state index contributed by atoms with van der Waals surface area (Å²) in [7, 11) is 1.65. The van der Waals surface area contributed by atoms with Gasteiger partial charge in [-0.05, 0) is 26.0 Å². The Kier molecular flexibility index (Phi) is 5.92. The van der Waals surface area contributed by atoms with Crippen LogP contribution in [0.25, 0.3) is 0 Å². The van der Waals surface area contributed by atoms with Gasteiger partial charge < -0.3 is 20.1 Å². The molecule has 7 nitrogen and oxygen atoms in total. The molecule has 0 atom stereocenters. The average molecular weight is 281 g/mol. The van der Waals surface area contributed by atoms with Gasteiger partial charge in [0.2, 0.25) is 0 Å². The number of aromatic nitrogens is 1. The van der Waals surface area contributed by atoms with Crippen molar-refractivity contribution in [3.63, 3.8) is 0 Å². The number of anilines is 1. The van der Waals surface area contributed by atoms with Crippen LogP contribution in [0, 0.1) is 0 Å². The molecular formula is C13H19N3O4. The molecule has 0 bridgehead atoms. The lowest BCUT2D eigenvalue weighted by molar-refractivity contribution is 0.0687. The number of nitrogens with zero attached hydrogens (tertiary/aromatic N) is 2. The third-order valence-corrected chi connectivity index (χ3v) is 2.46. The predicted molar refractivity (Wildman–Crippen MR) is 73.9 cm³/mol. The smallest absolute Gasteiger partial charge is 0.354 e. The zero-order valence-corrected chi connectivity index (χ0v) is 11.8. The number of carboxylic acid groups (broad SMARTS) is 1. The Hall–Kier alpha value is -2.15. The first-order chi connectivity index (χ1) is 9.40. The quantitative estimate of drug-likeness (QED) is 0.827. The van der Waals surface area contributed by atoms with E-state index in [9.17, 15) is 9.59 Å². The first-order valence-electron chi connectivity index (χ1n) is 6.23. The molecule has 2 amide bonds. The number of hydrogen-bond donors (Lipinski definition) is 2. The minimum Gasteiger partial charge on any atom is -0.477 e. The van der Waals surface area contributed by atoms with E-state index < -0.39 is 5.97 Å². The second-order valence-electron chi connectivity index (χ2n) is 4.51. The Labute approximate surface area is 117 Å². The van der Waals surface area contributed by atoms with Crippen molar-refractivity contribution in [3.8, 4) is 0 Å². The maximum absolute atomic E-state index is 11.8. The molecule has 2 N–H and O–H groups in total. The van der Waals surface area contributed by atoms with E-state index in [4.69, 9.17) is 9.84 Å². The third kappa shape index (κ3) is 5.23. The number of nitrogens with one attached hydrogen (secondary N) is 1. The molecule has 110 valence electrons. The lowest BCUT2D eigenvalue weighted by Crippen LogP contribution is -2.34. The third-order valence-electron chi connectivity index (χ3n) is 2.46. The molecule has 1 heterocycles. The van der Waals surface area contributed by atoms with Crippen LogP contribution in [0.3, 0.4) is 0 Å². The molecule has 7 heteroatoms. The molecule has 0 aliphatic rings. The van der Waals surface area contributed by atoms with Gasteiger partial charge in [-0.2, -0.15) is 0 Å². The number of carbonyl (C=O) groups is 2. The monoisotopic (exact) mass is 281 g/mol. The van der Waals surface area contributed by atoms with Crippen molar-refractivity contribution >= 4 is 17.7 Å². The Morgan fingerprint density at radius 3 is 2.65 bits per heavy atom. The molecule has 0 saturated carbocycles. The number of pyridine rings is 1. The standard InChI is InChI=1S/C13H19N3O4/c1-9(2)20-7-6-16(3)13(19)15-10-4-5-11(12(17)18)14-8-10/h4-5,8-9H,6-7H2,1-3H3,(H,15,19)(H,17,18). The van der Waals surface area contributed by atoms with Crippen LogP contribution < -0.4 is 5.32 Å². The van der Waals surface area contributed by atoms with Crippen molar-refractivity contribution < 1.29 is 19.4 Å². The summed E-state index contributed by atoms with van der Waals surface area (Å²) in [5.41, 5.74) is 0.373. The summed E-state index contributed by atoms with van der Waals surface area (Å²) in [5, 5.41) is 11.3. The average Bonchev–Trinajstić information content (AvgIpc) is 2.38. The summed E-state index contributed by atoms with van der Waals surface area (Å²) >= 11 is 0. The van der Waals surface area contributed by atoms with Crippen molar-refractivity contribution in [2.45, 2.75) is 20.0 Å². The Morgan fingerprint density at radius 1 is 1.45 bits per heavy atom. The van der Waals surface area contributed by atoms with Gasteiger partial charge in [-0.1, -0.05) is 0 Å². The van der Waals surface area contributed by atoms with Crippen LogP contribution in [0.5, 0.6) is 0 Å². The first-order valence-corrected chi connectivity index (χ1v) is 6.23. The highest BCUT2D eigenvalue weighted by Crippen LogP contribution is 2.07. The zero-order valence-electron chi connectivity index (χ0n) is 11.8. The fourth-order valence-corrected chi connectivity index (χ4v) is 1.34. The van der Waals surface area contributed by atoms with Gasteiger partial charge in [0, 0.05) is 13.6 Å². The molecule has 20 heavy (non-hydrogen) atoms. The normalized spacial score (nSPS) is 10.4. The highest BCUT2D eigenvalue weighted by Gasteiger charge is 2.10. The van der Waals surface area contributed by atoms with Gasteiger partial charge >= 0.3 is 12.0 Å². The molecule has 0 spiro atoms. The topological polar surface area (TPSA) is 91.8 Å². The Morgan fingerprint density at radius 2 is 2.15 bits per heavy atom. The molecule has 0 aliphatic heterocycles. The number of hydrogen-bond acceptors (Lipinski definition) is 4. The predicted octanol–water partition coefficient (Wildman–Crippen LogP) is 1.67. The molecule has 0 fully saturated rings. The van der Waals surface area contributed by atoms with E-state index in [0.717, 1.165) is 0 Å². The van der Waals surface area contributed by atoms with E-state index in [1.54, 1.807) is 7.05 Å². The van der Waals surface area contributed by atoms with Crippen LogP contribution in [-0.2, 0) is 4.74 Å². The van der Waals surface area contributed by atoms with Crippen LogP contribution >= 0.6 is 0 Å². The molecule has 0 aromatic carbocycles. The van der Waals surface area contributed by atoms with E-state index in [0.29, 0.717) is 18.8 Å². The number of carboxylic acids is 1. The maximum Gasteiger partial charge on any atom is 0.354 e. The summed E-state index contributed by atoms with van der Waals surface area (Å²) in [4.78, 5) is 27.7. The van der Waals surface area contributed by atoms with Gasteiger partial charge in [0.25, 0.3) is 0 Å². The molecule has 1 rings (SSSR count). The van der Waals surface area contributed by atoms with Crippen LogP contribution in [0.1, 0.15) is 24.3 Å². The minimum atomic E-state index is -1.11. The number of aromatic carboxylic acids is 1. The van der Waals surface area contributed by atoms with Gasteiger partial charge in [-0.3, -0.25) is 0 Å². The van der Waals surface area contributed by atoms with Crippen molar-refractivity contribution in [3.05, 3.63) is 24.0 Å². The number of amides is 2.